The molecular formula is C14H15N3O3. The summed E-state index contributed by atoms with van der Waals surface area (Å²) in [6, 6.07) is 6.27. The highest BCUT2D eigenvalue weighted by Gasteiger charge is 2.14. The second kappa shape index (κ2) is 5.56. The molecule has 6 heteroatoms. The van der Waals surface area contributed by atoms with E-state index in [1.165, 1.54) is 4.57 Å². The number of aromatic nitrogens is 2. The van der Waals surface area contributed by atoms with Crippen LogP contribution in [0, 0.1) is 4.91 Å². The van der Waals surface area contributed by atoms with E-state index in [4.69, 9.17) is 0 Å². The van der Waals surface area contributed by atoms with Crippen LogP contribution < -0.4 is 5.69 Å². The Labute approximate surface area is 115 Å². The Kier molecular flexibility index (Phi) is 3.84. The highest BCUT2D eigenvalue weighted by Crippen LogP contribution is 2.22. The van der Waals surface area contributed by atoms with Crippen LogP contribution >= 0.6 is 0 Å². The number of nitroso groups, excluding NO2 is 1. The lowest BCUT2D eigenvalue weighted by atomic mass is 10.1. The van der Waals surface area contributed by atoms with Crippen molar-refractivity contribution in [3.05, 3.63) is 63.6 Å². The molecular weight excluding hydrogens is 258 g/mol. The summed E-state index contributed by atoms with van der Waals surface area (Å²) in [6.07, 6.45) is 1.97. The Hall–Kier alpha value is -2.63. The number of rotatable bonds is 5. The normalized spacial score (nSPS) is 12.1. The Balaban J connectivity index is 2.44. The number of H-pyrrole nitrogens is 1. The molecule has 2 N–H and O–H groups in total. The molecule has 0 aliphatic carbocycles. The number of aromatic amines is 1. The van der Waals surface area contributed by atoms with E-state index < -0.39 is 11.7 Å². The number of nitrogens with one attached hydrogen (secondary N) is 1. The summed E-state index contributed by atoms with van der Waals surface area (Å²) in [4.78, 5) is 24.9. The van der Waals surface area contributed by atoms with E-state index in [1.807, 2.05) is 0 Å². The van der Waals surface area contributed by atoms with E-state index in [0.29, 0.717) is 17.8 Å². The first-order valence-electron chi connectivity index (χ1n) is 6.15. The monoisotopic (exact) mass is 273 g/mol. The first kappa shape index (κ1) is 13.8. The first-order chi connectivity index (χ1) is 9.58. The second-order valence-electron chi connectivity index (χ2n) is 4.43. The lowest BCUT2D eigenvalue weighted by Gasteiger charge is -2.06. The SMILES string of the molecule is C=CCc1[nH]c(=O)n(-c2ccc(C(C)N=O)cc2)c1O. The van der Waals surface area contributed by atoms with Crippen LogP contribution in [0.3, 0.4) is 0 Å². The summed E-state index contributed by atoms with van der Waals surface area (Å²) in [5.41, 5.74) is 1.25. The van der Waals surface area contributed by atoms with E-state index in [9.17, 15) is 14.8 Å². The number of allylic oxidation sites excluding steroid dienone is 1. The molecule has 0 radical (unpaired) electrons. The van der Waals surface area contributed by atoms with E-state index >= 15 is 0 Å². The van der Waals surface area contributed by atoms with Gasteiger partial charge >= 0.3 is 5.69 Å². The maximum Gasteiger partial charge on any atom is 0.333 e. The van der Waals surface area contributed by atoms with Gasteiger partial charge in [-0.2, -0.15) is 4.91 Å². The van der Waals surface area contributed by atoms with Crippen LogP contribution in [0.25, 0.3) is 5.69 Å². The van der Waals surface area contributed by atoms with Gasteiger partial charge in [-0.3, -0.25) is 0 Å². The van der Waals surface area contributed by atoms with Gasteiger partial charge in [0, 0.05) is 6.42 Å². The summed E-state index contributed by atoms with van der Waals surface area (Å²) in [6.45, 7) is 5.25. The van der Waals surface area contributed by atoms with Crippen molar-refractivity contribution in [3.63, 3.8) is 0 Å². The summed E-state index contributed by atoms with van der Waals surface area (Å²) in [7, 11) is 0. The Morgan fingerprint density at radius 3 is 2.65 bits per heavy atom. The van der Waals surface area contributed by atoms with Crippen molar-refractivity contribution in [1.82, 2.24) is 9.55 Å². The quantitative estimate of drug-likeness (QED) is 0.647. The maximum absolute atomic E-state index is 11.9. The molecule has 0 aliphatic rings. The smallest absolute Gasteiger partial charge is 0.333 e. The number of hydrogen-bond donors (Lipinski definition) is 2. The van der Waals surface area contributed by atoms with Crippen LogP contribution in [-0.4, -0.2) is 14.7 Å². The number of nitrogens with zero attached hydrogens (tertiary/aromatic N) is 2. The van der Waals surface area contributed by atoms with E-state index in [1.54, 1.807) is 37.3 Å². The van der Waals surface area contributed by atoms with Crippen LogP contribution in [0.5, 0.6) is 5.88 Å². The topological polar surface area (TPSA) is 87.5 Å². The molecule has 2 rings (SSSR count). The third kappa shape index (κ3) is 2.40. The van der Waals surface area contributed by atoms with Gasteiger partial charge in [0.1, 0.15) is 6.04 Å². The Morgan fingerprint density at radius 1 is 1.45 bits per heavy atom. The van der Waals surface area contributed by atoms with Gasteiger partial charge in [0.15, 0.2) is 0 Å². The van der Waals surface area contributed by atoms with Crippen LogP contribution in [0.4, 0.5) is 0 Å². The summed E-state index contributed by atoms with van der Waals surface area (Å²) < 4.78 is 1.17. The number of hydrogen-bond acceptors (Lipinski definition) is 4. The largest absolute Gasteiger partial charge is 0.493 e. The molecule has 104 valence electrons. The molecule has 0 bridgehead atoms. The van der Waals surface area contributed by atoms with Crippen LogP contribution in [0.2, 0.25) is 0 Å². The minimum Gasteiger partial charge on any atom is -0.493 e. The van der Waals surface area contributed by atoms with Crippen molar-refractivity contribution in [2.24, 2.45) is 5.18 Å². The highest BCUT2D eigenvalue weighted by molar-refractivity contribution is 5.40. The van der Waals surface area contributed by atoms with Gasteiger partial charge in [-0.1, -0.05) is 23.4 Å². The molecule has 1 aromatic carbocycles. The zero-order chi connectivity index (χ0) is 14.7. The molecule has 0 spiro atoms. The fourth-order valence-corrected chi connectivity index (χ4v) is 1.96. The fraction of sp³-hybridized carbons (Fsp3) is 0.214. The summed E-state index contributed by atoms with van der Waals surface area (Å²) in [5, 5.41) is 13.0. The van der Waals surface area contributed by atoms with Crippen molar-refractivity contribution >= 4 is 0 Å². The van der Waals surface area contributed by atoms with Crippen molar-refractivity contribution < 1.29 is 5.11 Å². The van der Waals surface area contributed by atoms with Crippen molar-refractivity contribution in [2.45, 2.75) is 19.4 Å². The molecule has 1 unspecified atom stereocenters. The van der Waals surface area contributed by atoms with Crippen molar-refractivity contribution in [3.8, 4) is 11.6 Å². The maximum atomic E-state index is 11.9. The van der Waals surface area contributed by atoms with Gasteiger partial charge in [-0.25, -0.2) is 9.36 Å². The van der Waals surface area contributed by atoms with Gasteiger partial charge in [0.25, 0.3) is 0 Å². The lowest BCUT2D eigenvalue weighted by Crippen LogP contribution is -2.14. The molecule has 6 nitrogen and oxygen atoms in total. The molecule has 1 aromatic heterocycles. The molecule has 0 fully saturated rings. The zero-order valence-electron chi connectivity index (χ0n) is 11.0. The second-order valence-corrected chi connectivity index (χ2v) is 4.43. The van der Waals surface area contributed by atoms with Gasteiger partial charge in [0.2, 0.25) is 5.88 Å². The van der Waals surface area contributed by atoms with Gasteiger partial charge < -0.3 is 10.1 Å². The number of aromatic hydroxyl groups is 1. The molecule has 0 aliphatic heterocycles. The van der Waals surface area contributed by atoms with Gasteiger partial charge in [-0.05, 0) is 24.6 Å². The van der Waals surface area contributed by atoms with Crippen molar-refractivity contribution in [2.75, 3.05) is 0 Å². The average Bonchev–Trinajstić information content (AvgIpc) is 2.73. The van der Waals surface area contributed by atoms with E-state index in [-0.39, 0.29) is 5.88 Å². The summed E-state index contributed by atoms with van der Waals surface area (Å²) >= 11 is 0. The molecule has 0 saturated carbocycles. The number of imidazole rings is 1. The summed E-state index contributed by atoms with van der Waals surface area (Å²) in [5.74, 6) is -0.135. The Bertz CT molecular complexity index is 683. The molecule has 2 aromatic rings. The minimum atomic E-state index is -0.447. The molecule has 0 saturated heterocycles. The Morgan fingerprint density at radius 2 is 2.10 bits per heavy atom. The zero-order valence-corrected chi connectivity index (χ0v) is 11.0. The minimum absolute atomic E-state index is 0.135. The van der Waals surface area contributed by atoms with E-state index in [2.05, 4.69) is 16.7 Å². The standard InChI is InChI=1S/C14H15N3O3/c1-3-4-12-13(18)17(14(19)15-12)11-7-5-10(6-8-11)9(2)16-20/h3,5-9,18H,1,4H2,2H3,(H,15,19). The van der Waals surface area contributed by atoms with Gasteiger partial charge in [0.05, 0.1) is 11.4 Å². The van der Waals surface area contributed by atoms with Gasteiger partial charge in [-0.15, -0.1) is 6.58 Å². The average molecular weight is 273 g/mol. The van der Waals surface area contributed by atoms with Crippen LogP contribution in [0.15, 0.2) is 46.9 Å². The fourth-order valence-electron chi connectivity index (χ4n) is 1.96. The van der Waals surface area contributed by atoms with E-state index in [0.717, 1.165) is 5.56 Å². The molecule has 0 amide bonds. The highest BCUT2D eigenvalue weighted by atomic mass is 16.3. The third-order valence-corrected chi connectivity index (χ3v) is 3.08. The third-order valence-electron chi connectivity index (χ3n) is 3.08. The van der Waals surface area contributed by atoms with Crippen LogP contribution in [0.1, 0.15) is 24.2 Å². The van der Waals surface area contributed by atoms with Crippen molar-refractivity contribution in [1.29, 1.82) is 0 Å². The number of benzene rings is 1. The first-order valence-corrected chi connectivity index (χ1v) is 6.15. The predicted octanol–water partition coefficient (Wildman–Crippen LogP) is 2.43. The molecule has 1 atom stereocenters. The van der Waals surface area contributed by atoms with Crippen LogP contribution in [-0.2, 0) is 6.42 Å². The lowest BCUT2D eigenvalue weighted by molar-refractivity contribution is 0.435. The molecule has 1 heterocycles. The predicted molar refractivity (Wildman–Crippen MR) is 76.2 cm³/mol. The molecule has 20 heavy (non-hydrogen) atoms.